The van der Waals surface area contributed by atoms with Crippen LogP contribution in [0.15, 0.2) is 24.3 Å². The molecule has 6 heteroatoms. The molecule has 0 aliphatic heterocycles. The van der Waals surface area contributed by atoms with Gasteiger partial charge in [0.25, 0.3) is 0 Å². The second-order valence-electron chi connectivity index (χ2n) is 5.91. The van der Waals surface area contributed by atoms with E-state index in [9.17, 15) is 14.4 Å². The average Bonchev–Trinajstić information content (AvgIpc) is 2.49. The van der Waals surface area contributed by atoms with Crippen molar-refractivity contribution in [2.75, 3.05) is 13.2 Å². The van der Waals surface area contributed by atoms with Crippen molar-refractivity contribution < 1.29 is 19.1 Å². The molecule has 0 saturated heterocycles. The van der Waals surface area contributed by atoms with Gasteiger partial charge in [0, 0.05) is 0 Å². The third-order valence-electron chi connectivity index (χ3n) is 4.17. The van der Waals surface area contributed by atoms with E-state index >= 15 is 0 Å². The van der Waals surface area contributed by atoms with Gasteiger partial charge >= 0.3 is 7.60 Å². The van der Waals surface area contributed by atoms with Crippen LogP contribution < -0.4 is 10.1 Å². The summed E-state index contributed by atoms with van der Waals surface area (Å²) in [7, 11) is -4.25. The summed E-state index contributed by atoms with van der Waals surface area (Å²) in [6.45, 7) is 3.13. The normalized spacial score (nSPS) is 18.1. The van der Waals surface area contributed by atoms with Gasteiger partial charge in [0.15, 0.2) is 0 Å². The maximum absolute atomic E-state index is 11.8. The lowest BCUT2D eigenvalue weighted by atomic mass is 9.89. The summed E-state index contributed by atoms with van der Waals surface area (Å²) in [5, 5.41) is 3.09. The van der Waals surface area contributed by atoms with Crippen molar-refractivity contribution in [2.24, 2.45) is 5.92 Å². The Morgan fingerprint density at radius 1 is 1.23 bits per heavy atom. The SMILES string of the molecule is CCOc1ccc(C(NCC2CCCCC2)P(=O)(O)O)cc1. The summed E-state index contributed by atoms with van der Waals surface area (Å²) < 4.78 is 17.2. The van der Waals surface area contributed by atoms with Crippen molar-refractivity contribution >= 4 is 7.60 Å². The fraction of sp³-hybridized carbons (Fsp3) is 0.625. The highest BCUT2D eigenvalue weighted by atomic mass is 31.2. The number of nitrogens with one attached hydrogen (secondary N) is 1. The second-order valence-corrected chi connectivity index (χ2v) is 7.60. The zero-order valence-corrected chi connectivity index (χ0v) is 14.0. The minimum atomic E-state index is -4.25. The highest BCUT2D eigenvalue weighted by molar-refractivity contribution is 7.52. The molecule has 1 aromatic carbocycles. The van der Waals surface area contributed by atoms with E-state index in [1.807, 2.05) is 6.92 Å². The van der Waals surface area contributed by atoms with Crippen LogP contribution in [0, 0.1) is 5.92 Å². The van der Waals surface area contributed by atoms with Crippen LogP contribution in [0.3, 0.4) is 0 Å². The molecule has 1 aromatic rings. The Labute approximate surface area is 132 Å². The second kappa shape index (κ2) is 8.11. The van der Waals surface area contributed by atoms with Crippen LogP contribution in [0.1, 0.15) is 50.4 Å². The average molecular weight is 327 g/mol. The molecule has 1 unspecified atom stereocenters. The van der Waals surface area contributed by atoms with E-state index in [2.05, 4.69) is 5.32 Å². The van der Waals surface area contributed by atoms with E-state index in [0.717, 1.165) is 12.8 Å². The molecule has 0 spiro atoms. The van der Waals surface area contributed by atoms with Crippen LogP contribution in [-0.2, 0) is 4.57 Å². The van der Waals surface area contributed by atoms with Gasteiger partial charge in [0.05, 0.1) is 6.61 Å². The Balaban J connectivity index is 2.03. The van der Waals surface area contributed by atoms with E-state index in [1.165, 1.54) is 19.3 Å². The topological polar surface area (TPSA) is 78.8 Å². The highest BCUT2D eigenvalue weighted by Gasteiger charge is 2.30. The first-order valence-corrected chi connectivity index (χ1v) is 9.70. The van der Waals surface area contributed by atoms with Crippen molar-refractivity contribution in [3.05, 3.63) is 29.8 Å². The van der Waals surface area contributed by atoms with E-state index < -0.39 is 13.4 Å². The van der Waals surface area contributed by atoms with Crippen LogP contribution in [-0.4, -0.2) is 22.9 Å². The molecule has 1 aliphatic carbocycles. The molecule has 1 atom stereocenters. The van der Waals surface area contributed by atoms with Gasteiger partial charge in [-0.3, -0.25) is 9.88 Å². The summed E-state index contributed by atoms with van der Waals surface area (Å²) in [6, 6.07) is 6.96. The first-order chi connectivity index (χ1) is 10.5. The molecule has 0 amide bonds. The molecule has 0 heterocycles. The monoisotopic (exact) mass is 327 g/mol. The molecule has 0 radical (unpaired) electrons. The maximum atomic E-state index is 11.8. The van der Waals surface area contributed by atoms with Crippen molar-refractivity contribution in [3.63, 3.8) is 0 Å². The van der Waals surface area contributed by atoms with E-state index in [4.69, 9.17) is 4.74 Å². The summed E-state index contributed by atoms with van der Waals surface area (Å²) in [5.74, 6) is 0.290. The standard InChI is InChI=1S/C16H26NO4P/c1-2-21-15-10-8-14(9-11-15)16(22(18,19)20)17-12-13-6-4-3-5-7-13/h8-11,13,16-17H,2-7,12H2,1H3,(H2,18,19,20). The smallest absolute Gasteiger partial charge is 0.346 e. The third kappa shape index (κ3) is 5.10. The molecule has 1 aliphatic rings. The highest BCUT2D eigenvalue weighted by Crippen LogP contribution is 2.50. The molecule has 0 bridgehead atoms. The molecule has 3 N–H and O–H groups in total. The van der Waals surface area contributed by atoms with E-state index in [1.54, 1.807) is 24.3 Å². The van der Waals surface area contributed by atoms with E-state index in [-0.39, 0.29) is 0 Å². The van der Waals surface area contributed by atoms with Crippen molar-refractivity contribution in [1.29, 1.82) is 0 Å². The molecule has 1 fully saturated rings. The number of ether oxygens (including phenoxy) is 1. The molecule has 1 saturated carbocycles. The van der Waals surface area contributed by atoms with Crippen molar-refractivity contribution in [3.8, 4) is 5.75 Å². The fourth-order valence-corrected chi connectivity index (χ4v) is 3.92. The third-order valence-corrected chi connectivity index (χ3v) is 5.32. The van der Waals surface area contributed by atoms with Crippen LogP contribution >= 0.6 is 7.60 Å². The molecule has 5 nitrogen and oxygen atoms in total. The van der Waals surface area contributed by atoms with Gasteiger partial charge in [0.1, 0.15) is 11.5 Å². The minimum Gasteiger partial charge on any atom is -0.494 e. The lowest BCUT2D eigenvalue weighted by Crippen LogP contribution is -2.28. The lowest BCUT2D eigenvalue weighted by molar-refractivity contribution is 0.315. The molecular formula is C16H26NO4P. The fourth-order valence-electron chi connectivity index (χ4n) is 3.01. The van der Waals surface area contributed by atoms with Crippen molar-refractivity contribution in [1.82, 2.24) is 5.32 Å². The Kier molecular flexibility index (Phi) is 6.45. The molecular weight excluding hydrogens is 301 g/mol. The van der Waals surface area contributed by atoms with Crippen LogP contribution in [0.25, 0.3) is 0 Å². The predicted molar refractivity (Wildman–Crippen MR) is 87.0 cm³/mol. The Morgan fingerprint density at radius 2 is 1.86 bits per heavy atom. The number of hydrogen-bond acceptors (Lipinski definition) is 3. The summed E-state index contributed by atoms with van der Waals surface area (Å²) >= 11 is 0. The Bertz CT molecular complexity index is 493. The zero-order valence-electron chi connectivity index (χ0n) is 13.1. The van der Waals surface area contributed by atoms with Gasteiger partial charge in [-0.15, -0.1) is 0 Å². The van der Waals surface area contributed by atoms with Crippen molar-refractivity contribution in [2.45, 2.75) is 44.8 Å². The van der Waals surface area contributed by atoms with Gasteiger partial charge in [-0.25, -0.2) is 0 Å². The van der Waals surface area contributed by atoms with Crippen LogP contribution in [0.2, 0.25) is 0 Å². The number of hydrogen-bond donors (Lipinski definition) is 3. The molecule has 2 rings (SSSR count). The summed E-state index contributed by atoms with van der Waals surface area (Å²) in [6.07, 6.45) is 6.00. The predicted octanol–water partition coefficient (Wildman–Crippen LogP) is 3.43. The Hall–Kier alpha value is -0.870. The lowest BCUT2D eigenvalue weighted by Gasteiger charge is -2.26. The molecule has 124 valence electrons. The summed E-state index contributed by atoms with van der Waals surface area (Å²) in [4.78, 5) is 19.3. The first kappa shape index (κ1) is 17.5. The maximum Gasteiger partial charge on any atom is 0.346 e. The molecule has 22 heavy (non-hydrogen) atoms. The van der Waals surface area contributed by atoms with Gasteiger partial charge in [-0.2, -0.15) is 0 Å². The van der Waals surface area contributed by atoms with Gasteiger partial charge in [0.2, 0.25) is 0 Å². The Morgan fingerprint density at radius 3 is 2.41 bits per heavy atom. The van der Waals surface area contributed by atoms with Crippen LogP contribution in [0.4, 0.5) is 0 Å². The molecule has 0 aromatic heterocycles. The van der Waals surface area contributed by atoms with Gasteiger partial charge in [-0.1, -0.05) is 31.4 Å². The quantitative estimate of drug-likeness (QED) is 0.669. The largest absolute Gasteiger partial charge is 0.494 e. The van der Waals surface area contributed by atoms with Crippen LogP contribution in [0.5, 0.6) is 5.75 Å². The number of benzene rings is 1. The van der Waals surface area contributed by atoms with E-state index in [0.29, 0.717) is 30.4 Å². The number of rotatable bonds is 7. The zero-order chi connectivity index (χ0) is 16.0. The summed E-state index contributed by atoms with van der Waals surface area (Å²) in [5.41, 5.74) is 0.604. The van der Waals surface area contributed by atoms with Gasteiger partial charge < -0.3 is 14.5 Å². The van der Waals surface area contributed by atoms with Gasteiger partial charge in [-0.05, 0) is 49.9 Å². The minimum absolute atomic E-state index is 0.519. The first-order valence-electron chi connectivity index (χ1n) is 8.02.